The Kier molecular flexibility index (Phi) is 12.3. The molecule has 0 spiro atoms. The fraction of sp³-hybridized carbons (Fsp3) is 0.279. The molecule has 1 aliphatic rings. The largest absolute Gasteiger partial charge is 0.457 e. The van der Waals surface area contributed by atoms with E-state index in [1.54, 1.807) is 0 Å². The van der Waals surface area contributed by atoms with E-state index < -0.39 is 0 Å². The maximum absolute atomic E-state index is 7.37. The van der Waals surface area contributed by atoms with E-state index in [9.17, 15) is 0 Å². The van der Waals surface area contributed by atoms with Crippen LogP contribution in [0.15, 0.2) is 188 Å². The third-order valence-corrected chi connectivity index (χ3v) is 15.3. The molecule has 0 atom stereocenters. The molecule has 9 aromatic rings. The average molecular weight is 961 g/mol. The third kappa shape index (κ3) is 9.47. The van der Waals surface area contributed by atoms with Crippen molar-refractivity contribution in [3.8, 4) is 17.3 Å². The monoisotopic (exact) mass is 961 g/mol. The fourth-order valence-electron chi connectivity index (χ4n) is 10.6. The summed E-state index contributed by atoms with van der Waals surface area (Å²) in [4.78, 5) is 9.94. The van der Waals surface area contributed by atoms with Gasteiger partial charge in [-0.3, -0.25) is 4.57 Å². The Hall–Kier alpha value is -7.37. The molecule has 10 rings (SSSR count). The Morgan fingerprint density at radius 1 is 0.438 bits per heavy atom. The molecule has 370 valence electrons. The topological polar surface area (TPSA) is 33.5 Å². The van der Waals surface area contributed by atoms with Crippen molar-refractivity contribution in [2.45, 2.75) is 117 Å². The van der Waals surface area contributed by atoms with Crippen LogP contribution in [0.4, 0.5) is 11.4 Å². The summed E-state index contributed by atoms with van der Waals surface area (Å²) in [5, 5.41) is 2.42. The number of fused-ring (bicyclic) bond motifs is 3. The molecule has 0 aliphatic carbocycles. The number of nitrogens with zero attached hydrogens (tertiary/aromatic N) is 4. The van der Waals surface area contributed by atoms with E-state index in [-0.39, 0.29) is 27.1 Å². The van der Waals surface area contributed by atoms with Gasteiger partial charge in [0.1, 0.15) is 17.3 Å². The van der Waals surface area contributed by atoms with Gasteiger partial charge in [0.2, 0.25) is 0 Å². The Morgan fingerprint density at radius 2 is 0.986 bits per heavy atom. The molecule has 73 heavy (non-hydrogen) atoms. The highest BCUT2D eigenvalue weighted by Crippen LogP contribution is 2.46. The number of hydrogen-bond acceptors (Lipinski definition) is 4. The summed E-state index contributed by atoms with van der Waals surface area (Å²) in [7, 11) is 0. The van der Waals surface area contributed by atoms with Crippen LogP contribution in [0.2, 0.25) is 0 Å². The van der Waals surface area contributed by atoms with Gasteiger partial charge in [-0.05, 0) is 109 Å². The zero-order valence-corrected chi connectivity index (χ0v) is 45.3. The smallest absolute Gasteiger partial charge is 0.137 e. The minimum absolute atomic E-state index is 0.0435. The molecule has 7 aromatic carbocycles. The van der Waals surface area contributed by atoms with Gasteiger partial charge in [0, 0.05) is 57.5 Å². The lowest BCUT2D eigenvalue weighted by atomic mass is 9.75. The predicted octanol–water partition coefficient (Wildman–Crippen LogP) is 17.8. The maximum atomic E-state index is 7.37. The van der Waals surface area contributed by atoms with Crippen LogP contribution in [0.3, 0.4) is 0 Å². The summed E-state index contributed by atoms with van der Waals surface area (Å²) in [5.74, 6) is 2.45. The van der Waals surface area contributed by atoms with Crippen LogP contribution in [-0.2, 0) is 27.1 Å². The summed E-state index contributed by atoms with van der Waals surface area (Å²) in [6, 6.07) is 64.3. The predicted molar refractivity (Wildman–Crippen MR) is 309 cm³/mol. The van der Waals surface area contributed by atoms with Crippen molar-refractivity contribution < 1.29 is 4.74 Å². The summed E-state index contributed by atoms with van der Waals surface area (Å²) < 4.78 is 9.70. The quantitative estimate of drug-likeness (QED) is 0.137. The second-order valence-electron chi connectivity index (χ2n) is 24.4. The van der Waals surface area contributed by atoms with Crippen molar-refractivity contribution in [3.05, 3.63) is 233 Å². The SMILES string of the molecule is CC(C)(C)c1cc(N2C=C(c3ccccc3)N(c3cc(Oc4cc(C(C)(C)C)c5c6ccccc6n(-c6cc(C(C)(C)C)ccn6)c5c4)cc(C(C)(C)c4ccccc4)c3)C2)cc(C(C)(C)c2ccccc2)c1. The van der Waals surface area contributed by atoms with Gasteiger partial charge >= 0.3 is 0 Å². The molecule has 3 heterocycles. The van der Waals surface area contributed by atoms with Gasteiger partial charge in [-0.25, -0.2) is 4.98 Å². The zero-order valence-electron chi connectivity index (χ0n) is 45.3. The standard InChI is InChI=1S/C68H72N4O/c1-64(2,3)49-33-34-69-62(40-49)72-59-32-24-23-31-57(59)63-58(66(7,8)9)42-56(43-60(63)72)73-55-39-52(68(12,13)48-29-21-16-22-30-48)38-54(41-55)71-45-70(44-61(71)46-25-17-14-18-26-46)53-36-50(65(4,5)6)35-51(37-53)67(10,11)47-27-19-15-20-28-47/h14-44H,45H2,1-13H3. The molecule has 0 saturated heterocycles. The second kappa shape index (κ2) is 18.3. The van der Waals surface area contributed by atoms with E-state index in [0.29, 0.717) is 6.67 Å². The number of rotatable bonds is 10. The Bertz CT molecular complexity index is 3510. The van der Waals surface area contributed by atoms with Crippen LogP contribution >= 0.6 is 0 Å². The molecule has 2 aromatic heterocycles. The maximum Gasteiger partial charge on any atom is 0.137 e. The van der Waals surface area contributed by atoms with Crippen LogP contribution in [0.1, 0.15) is 135 Å². The van der Waals surface area contributed by atoms with Gasteiger partial charge in [-0.15, -0.1) is 0 Å². The molecule has 0 fully saturated rings. The van der Waals surface area contributed by atoms with Crippen molar-refractivity contribution in [3.63, 3.8) is 0 Å². The molecule has 0 saturated carbocycles. The molecular formula is C68H72N4O. The minimum Gasteiger partial charge on any atom is -0.457 e. The highest BCUT2D eigenvalue weighted by molar-refractivity contribution is 6.11. The first-order chi connectivity index (χ1) is 34.6. The Labute approximate surface area is 434 Å². The lowest BCUT2D eigenvalue weighted by molar-refractivity contribution is 0.477. The van der Waals surface area contributed by atoms with Gasteiger partial charge in [-0.1, -0.05) is 205 Å². The number of aromatic nitrogens is 2. The first-order valence-electron chi connectivity index (χ1n) is 26.0. The van der Waals surface area contributed by atoms with E-state index in [4.69, 9.17) is 9.72 Å². The second-order valence-corrected chi connectivity index (χ2v) is 24.4. The summed E-state index contributed by atoms with van der Waals surface area (Å²) in [5.41, 5.74) is 14.5. The molecule has 0 amide bonds. The summed E-state index contributed by atoms with van der Waals surface area (Å²) in [6.07, 6.45) is 4.30. The van der Waals surface area contributed by atoms with E-state index in [2.05, 4.69) is 287 Å². The van der Waals surface area contributed by atoms with Crippen molar-refractivity contribution >= 4 is 38.9 Å². The van der Waals surface area contributed by atoms with Crippen LogP contribution < -0.4 is 14.5 Å². The molecule has 0 unspecified atom stereocenters. The zero-order chi connectivity index (χ0) is 51.7. The first-order valence-corrected chi connectivity index (χ1v) is 26.0. The van der Waals surface area contributed by atoms with Crippen molar-refractivity contribution in [2.75, 3.05) is 16.5 Å². The van der Waals surface area contributed by atoms with Crippen LogP contribution in [0, 0.1) is 0 Å². The molecule has 1 aliphatic heterocycles. The minimum atomic E-state index is -0.360. The van der Waals surface area contributed by atoms with Crippen LogP contribution in [0.5, 0.6) is 11.5 Å². The highest BCUT2D eigenvalue weighted by atomic mass is 16.5. The molecule has 0 bridgehead atoms. The molecule has 5 heteroatoms. The highest BCUT2D eigenvalue weighted by Gasteiger charge is 2.33. The van der Waals surface area contributed by atoms with E-state index in [1.807, 2.05) is 6.20 Å². The molecule has 0 radical (unpaired) electrons. The number of anilines is 2. The van der Waals surface area contributed by atoms with E-state index in [0.717, 1.165) is 50.9 Å². The number of hydrogen-bond donors (Lipinski definition) is 0. The van der Waals surface area contributed by atoms with Crippen LogP contribution in [0.25, 0.3) is 33.3 Å². The van der Waals surface area contributed by atoms with Crippen LogP contribution in [-0.4, -0.2) is 16.2 Å². The average Bonchev–Trinajstić information content (AvgIpc) is 3.97. The van der Waals surface area contributed by atoms with Gasteiger partial charge in [0.05, 0.1) is 23.4 Å². The number of pyridine rings is 1. The number of benzene rings is 7. The molecular weight excluding hydrogens is 889 g/mol. The van der Waals surface area contributed by atoms with Gasteiger partial charge in [0.25, 0.3) is 0 Å². The van der Waals surface area contributed by atoms with Gasteiger partial charge in [-0.2, -0.15) is 0 Å². The van der Waals surface area contributed by atoms with Crippen molar-refractivity contribution in [1.29, 1.82) is 0 Å². The summed E-state index contributed by atoms with van der Waals surface area (Å²) >= 11 is 0. The normalized spacial score (nSPS) is 13.8. The summed E-state index contributed by atoms with van der Waals surface area (Å²) in [6.45, 7) is 30.6. The van der Waals surface area contributed by atoms with E-state index in [1.165, 1.54) is 49.8 Å². The van der Waals surface area contributed by atoms with Gasteiger partial charge in [0.15, 0.2) is 0 Å². The molecule has 0 N–H and O–H groups in total. The first kappa shape index (κ1) is 49.2. The fourth-order valence-corrected chi connectivity index (χ4v) is 10.6. The van der Waals surface area contributed by atoms with E-state index >= 15 is 0 Å². The Balaban J connectivity index is 1.15. The number of para-hydroxylation sites is 1. The molecule has 5 nitrogen and oxygen atoms in total. The van der Waals surface area contributed by atoms with Crippen molar-refractivity contribution in [1.82, 2.24) is 9.55 Å². The van der Waals surface area contributed by atoms with Gasteiger partial charge < -0.3 is 14.5 Å². The lowest BCUT2D eigenvalue weighted by Gasteiger charge is -2.32. The van der Waals surface area contributed by atoms with Crippen molar-refractivity contribution in [2.24, 2.45) is 0 Å². The Morgan fingerprint density at radius 3 is 1.60 bits per heavy atom. The number of ether oxygens (including phenoxy) is 1. The lowest BCUT2D eigenvalue weighted by Crippen LogP contribution is -2.28. The third-order valence-electron chi connectivity index (χ3n) is 15.3.